The summed E-state index contributed by atoms with van der Waals surface area (Å²) in [5.74, 6) is -0.246. The monoisotopic (exact) mass is 472 g/mol. The molecule has 182 valence electrons. The van der Waals surface area contributed by atoms with Crippen molar-refractivity contribution in [3.8, 4) is 22.5 Å². The number of anilines is 1. The normalized spacial score (nSPS) is 11.2. The molecule has 1 heterocycles. The van der Waals surface area contributed by atoms with Gasteiger partial charge in [0.1, 0.15) is 24.4 Å². The molecule has 6 heteroatoms. The first kappa shape index (κ1) is 24.5. The van der Waals surface area contributed by atoms with Crippen LogP contribution in [0, 0.1) is 0 Å². The van der Waals surface area contributed by atoms with Gasteiger partial charge in [-0.25, -0.2) is 9.37 Å². The van der Waals surface area contributed by atoms with E-state index in [0.717, 1.165) is 70.6 Å². The first-order chi connectivity index (χ1) is 16.9. The molecule has 2 aromatic carbocycles. The van der Waals surface area contributed by atoms with Gasteiger partial charge >= 0.3 is 5.97 Å². The minimum Gasteiger partial charge on any atom is -0.478 e. The number of rotatable bonds is 8. The number of aromatic carboxylic acids is 1. The molecular formula is C29H34N3O3+. The average Bonchev–Trinajstić information content (AvgIpc) is 2.88. The first-order valence-electron chi connectivity index (χ1n) is 12.4. The Bertz CT molecular complexity index is 1410. The highest BCUT2D eigenvalue weighted by atomic mass is 16.4. The number of fused-ring (bicyclic) bond motifs is 2. The third-order valence-electron chi connectivity index (χ3n) is 6.77. The van der Waals surface area contributed by atoms with Crippen molar-refractivity contribution in [1.82, 2.24) is 4.58 Å². The molecule has 0 atom stereocenters. The van der Waals surface area contributed by atoms with Gasteiger partial charge in [-0.3, -0.25) is 0 Å². The van der Waals surface area contributed by atoms with E-state index in [1.165, 1.54) is 0 Å². The Morgan fingerprint density at radius 3 is 2.29 bits per heavy atom. The van der Waals surface area contributed by atoms with Crippen LogP contribution in [0.2, 0.25) is 0 Å². The number of nitrogens with zero attached hydrogens (tertiary/aromatic N) is 2. The molecule has 1 aliphatic heterocycles. The fourth-order valence-electron chi connectivity index (χ4n) is 4.84. The molecule has 0 spiro atoms. The van der Waals surface area contributed by atoms with E-state index in [9.17, 15) is 9.90 Å². The first-order valence-corrected chi connectivity index (χ1v) is 12.4. The number of carboxylic acids is 1. The van der Waals surface area contributed by atoms with Gasteiger partial charge < -0.3 is 20.2 Å². The summed E-state index contributed by atoms with van der Waals surface area (Å²) < 4.78 is 8.76. The lowest BCUT2D eigenvalue weighted by atomic mass is 9.89. The van der Waals surface area contributed by atoms with Gasteiger partial charge in [0.15, 0.2) is 0 Å². The van der Waals surface area contributed by atoms with E-state index in [4.69, 9.17) is 10.2 Å². The fourth-order valence-corrected chi connectivity index (χ4v) is 4.84. The van der Waals surface area contributed by atoms with Crippen LogP contribution >= 0.6 is 0 Å². The van der Waals surface area contributed by atoms with Crippen LogP contribution in [0.1, 0.15) is 43.6 Å². The van der Waals surface area contributed by atoms with Gasteiger partial charge in [-0.15, -0.1) is 0 Å². The SMILES string of the molecule is CCN(CC)c1ccc2c(-c3ccc(CN)cc3C(=O)O)c3ccc(=[N+](CC)CC)cc-3oc2c1. The molecule has 2 aromatic rings. The summed E-state index contributed by atoms with van der Waals surface area (Å²) in [6.07, 6.45) is 0. The van der Waals surface area contributed by atoms with Gasteiger partial charge in [0, 0.05) is 54.0 Å². The second-order valence-corrected chi connectivity index (χ2v) is 8.57. The van der Waals surface area contributed by atoms with Gasteiger partial charge in [-0.2, -0.15) is 0 Å². The van der Waals surface area contributed by atoms with Gasteiger partial charge in [-0.05, 0) is 63.1 Å². The van der Waals surface area contributed by atoms with Crippen molar-refractivity contribution in [1.29, 1.82) is 0 Å². The van der Waals surface area contributed by atoms with Crippen LogP contribution in [0.3, 0.4) is 0 Å². The van der Waals surface area contributed by atoms with Crippen molar-refractivity contribution in [2.45, 2.75) is 34.2 Å². The zero-order chi connectivity index (χ0) is 25.1. The summed E-state index contributed by atoms with van der Waals surface area (Å²) in [5.41, 5.74) is 11.0. The van der Waals surface area contributed by atoms with Crippen molar-refractivity contribution in [2.24, 2.45) is 5.73 Å². The third kappa shape index (κ3) is 4.54. The predicted molar refractivity (Wildman–Crippen MR) is 143 cm³/mol. The minimum absolute atomic E-state index is 0.238. The highest BCUT2D eigenvalue weighted by Crippen LogP contribution is 2.42. The summed E-state index contributed by atoms with van der Waals surface area (Å²) in [6, 6.07) is 17.8. The smallest absolute Gasteiger partial charge is 0.336 e. The standard InChI is InChI=1S/C29H33N3O3/c1-5-31(6-2)20-10-13-23-26(16-20)35-27-17-21(32(7-3)8-4)11-14-24(27)28(23)22-12-9-19(18-30)15-25(22)29(33)34/h9-17H,5-8,18,30H2,1-4H3/p+1. The molecule has 4 rings (SSSR count). The van der Waals surface area contributed by atoms with E-state index in [-0.39, 0.29) is 12.1 Å². The van der Waals surface area contributed by atoms with Crippen molar-refractivity contribution in [3.63, 3.8) is 0 Å². The molecule has 0 bridgehead atoms. The number of hydrogen-bond acceptors (Lipinski definition) is 4. The van der Waals surface area contributed by atoms with E-state index in [1.807, 2.05) is 24.3 Å². The molecule has 2 aliphatic rings. The Balaban J connectivity index is 2.13. The Morgan fingerprint density at radius 1 is 0.943 bits per heavy atom. The largest absolute Gasteiger partial charge is 0.478 e. The Kier molecular flexibility index (Phi) is 7.22. The maximum atomic E-state index is 12.3. The van der Waals surface area contributed by atoms with Crippen LogP contribution in [-0.4, -0.2) is 37.3 Å². The fraction of sp³-hybridized carbons (Fsp3) is 0.310. The zero-order valence-electron chi connectivity index (χ0n) is 21.0. The number of benzene rings is 3. The number of carbonyl (C=O) groups is 1. The van der Waals surface area contributed by atoms with E-state index < -0.39 is 5.97 Å². The summed E-state index contributed by atoms with van der Waals surface area (Å²) in [6.45, 7) is 12.4. The molecule has 6 nitrogen and oxygen atoms in total. The second kappa shape index (κ2) is 10.3. The van der Waals surface area contributed by atoms with Crippen molar-refractivity contribution < 1.29 is 14.3 Å². The molecule has 0 saturated carbocycles. The predicted octanol–water partition coefficient (Wildman–Crippen LogP) is 5.02. The van der Waals surface area contributed by atoms with Crippen LogP contribution in [0.25, 0.3) is 33.4 Å². The Labute approximate surface area is 206 Å². The molecule has 0 aromatic heterocycles. The van der Waals surface area contributed by atoms with Gasteiger partial charge in [0.25, 0.3) is 0 Å². The Hall–Kier alpha value is -3.64. The lowest BCUT2D eigenvalue weighted by Crippen LogP contribution is -2.29. The molecular weight excluding hydrogens is 438 g/mol. The topological polar surface area (TPSA) is 82.7 Å². The average molecular weight is 473 g/mol. The van der Waals surface area contributed by atoms with Crippen molar-refractivity contribution >= 4 is 22.6 Å². The lowest BCUT2D eigenvalue weighted by Gasteiger charge is -2.22. The second-order valence-electron chi connectivity index (χ2n) is 8.57. The summed E-state index contributed by atoms with van der Waals surface area (Å²) in [7, 11) is 0. The van der Waals surface area contributed by atoms with E-state index in [1.54, 1.807) is 6.07 Å². The molecule has 0 saturated heterocycles. The highest BCUT2D eigenvalue weighted by molar-refractivity contribution is 6.07. The quantitative estimate of drug-likeness (QED) is 0.278. The van der Waals surface area contributed by atoms with Gasteiger partial charge in [0.2, 0.25) is 5.36 Å². The number of nitrogens with two attached hydrogens (primary N) is 1. The molecule has 0 unspecified atom stereocenters. The van der Waals surface area contributed by atoms with Crippen LogP contribution in [0.5, 0.6) is 0 Å². The minimum atomic E-state index is -0.975. The molecule has 0 fully saturated rings. The molecule has 35 heavy (non-hydrogen) atoms. The van der Waals surface area contributed by atoms with Gasteiger partial charge in [0.05, 0.1) is 11.6 Å². The van der Waals surface area contributed by atoms with Crippen LogP contribution in [0.15, 0.2) is 59.0 Å². The highest BCUT2D eigenvalue weighted by Gasteiger charge is 2.23. The van der Waals surface area contributed by atoms with E-state index >= 15 is 0 Å². The van der Waals surface area contributed by atoms with Crippen molar-refractivity contribution in [2.75, 3.05) is 31.1 Å². The van der Waals surface area contributed by atoms with Crippen LogP contribution < -0.4 is 20.6 Å². The maximum Gasteiger partial charge on any atom is 0.336 e. The molecule has 3 N–H and O–H groups in total. The third-order valence-corrected chi connectivity index (χ3v) is 6.77. The van der Waals surface area contributed by atoms with E-state index in [0.29, 0.717) is 5.56 Å². The zero-order valence-corrected chi connectivity index (χ0v) is 21.0. The van der Waals surface area contributed by atoms with Crippen LogP contribution in [0.4, 0.5) is 5.69 Å². The van der Waals surface area contributed by atoms with Crippen molar-refractivity contribution in [3.05, 3.63) is 71.1 Å². The summed E-state index contributed by atoms with van der Waals surface area (Å²) >= 11 is 0. The molecule has 0 amide bonds. The molecule has 1 aliphatic carbocycles. The summed E-state index contributed by atoms with van der Waals surface area (Å²) in [5, 5.41) is 12.0. The molecule has 0 radical (unpaired) electrons. The van der Waals surface area contributed by atoms with Gasteiger partial charge in [-0.1, -0.05) is 12.1 Å². The number of hydrogen-bond donors (Lipinski definition) is 2. The lowest BCUT2D eigenvalue weighted by molar-refractivity contribution is 0.0697. The maximum absolute atomic E-state index is 12.3. The summed E-state index contributed by atoms with van der Waals surface area (Å²) in [4.78, 5) is 14.6. The number of carboxylic acid groups (broad SMARTS) is 1. The van der Waals surface area contributed by atoms with E-state index in [2.05, 4.69) is 61.4 Å². The Morgan fingerprint density at radius 2 is 1.66 bits per heavy atom. The van der Waals surface area contributed by atoms with Crippen LogP contribution in [-0.2, 0) is 6.54 Å².